The summed E-state index contributed by atoms with van der Waals surface area (Å²) in [5, 5.41) is 11.0. The SMILES string of the molecule is Cc1nccn1CC[C@@H](NC(=O)CCc1nncn1C)c1ccccc1. The maximum absolute atomic E-state index is 12.5. The zero-order valence-corrected chi connectivity index (χ0v) is 15.2. The molecule has 2 heterocycles. The third-order valence-electron chi connectivity index (χ3n) is 4.50. The summed E-state index contributed by atoms with van der Waals surface area (Å²) in [4.78, 5) is 16.7. The van der Waals surface area contributed by atoms with Crippen molar-refractivity contribution < 1.29 is 4.79 Å². The highest BCUT2D eigenvalue weighted by atomic mass is 16.1. The fourth-order valence-corrected chi connectivity index (χ4v) is 2.94. The van der Waals surface area contributed by atoms with Crippen LogP contribution < -0.4 is 5.32 Å². The predicted molar refractivity (Wildman–Crippen MR) is 98.2 cm³/mol. The molecule has 0 aliphatic rings. The lowest BCUT2D eigenvalue weighted by atomic mass is 10.0. The minimum absolute atomic E-state index is 0.0178. The monoisotopic (exact) mass is 352 g/mol. The van der Waals surface area contributed by atoms with Crippen molar-refractivity contribution >= 4 is 5.91 Å². The summed E-state index contributed by atoms with van der Waals surface area (Å²) in [6.45, 7) is 2.78. The van der Waals surface area contributed by atoms with Gasteiger partial charge in [-0.1, -0.05) is 30.3 Å². The summed E-state index contributed by atoms with van der Waals surface area (Å²) < 4.78 is 3.94. The molecule has 3 aromatic rings. The van der Waals surface area contributed by atoms with Gasteiger partial charge in [0.05, 0.1) is 6.04 Å². The van der Waals surface area contributed by atoms with Crippen molar-refractivity contribution in [1.29, 1.82) is 0 Å². The van der Waals surface area contributed by atoms with Gasteiger partial charge in [0.25, 0.3) is 0 Å². The molecule has 3 rings (SSSR count). The van der Waals surface area contributed by atoms with Gasteiger partial charge in [-0.3, -0.25) is 4.79 Å². The molecule has 0 bridgehead atoms. The topological polar surface area (TPSA) is 77.6 Å². The molecule has 0 fully saturated rings. The quantitative estimate of drug-likeness (QED) is 0.674. The Morgan fingerprint density at radius 2 is 2.08 bits per heavy atom. The third-order valence-corrected chi connectivity index (χ3v) is 4.50. The molecule has 136 valence electrons. The summed E-state index contributed by atoms with van der Waals surface area (Å²) >= 11 is 0. The van der Waals surface area contributed by atoms with Crippen molar-refractivity contribution in [3.05, 3.63) is 66.3 Å². The van der Waals surface area contributed by atoms with E-state index in [1.165, 1.54) is 0 Å². The van der Waals surface area contributed by atoms with E-state index < -0.39 is 0 Å². The van der Waals surface area contributed by atoms with E-state index in [9.17, 15) is 4.79 Å². The zero-order valence-electron chi connectivity index (χ0n) is 15.2. The largest absolute Gasteiger partial charge is 0.349 e. The Morgan fingerprint density at radius 3 is 2.73 bits per heavy atom. The maximum atomic E-state index is 12.5. The highest BCUT2D eigenvalue weighted by molar-refractivity contribution is 5.76. The highest BCUT2D eigenvalue weighted by Gasteiger charge is 2.15. The molecule has 0 radical (unpaired) electrons. The van der Waals surface area contributed by atoms with Gasteiger partial charge in [-0.2, -0.15) is 0 Å². The van der Waals surface area contributed by atoms with Gasteiger partial charge < -0.3 is 14.5 Å². The molecule has 0 saturated heterocycles. The number of carbonyl (C=O) groups is 1. The van der Waals surface area contributed by atoms with E-state index in [1.807, 2.05) is 55.1 Å². The number of rotatable bonds is 8. The minimum Gasteiger partial charge on any atom is -0.349 e. The predicted octanol–water partition coefficient (Wildman–Crippen LogP) is 2.20. The third kappa shape index (κ3) is 4.56. The number of hydrogen-bond donors (Lipinski definition) is 1. The first-order chi connectivity index (χ1) is 12.6. The molecular formula is C19H24N6O. The van der Waals surface area contributed by atoms with Gasteiger partial charge in [0.15, 0.2) is 0 Å². The van der Waals surface area contributed by atoms with Gasteiger partial charge in [-0.25, -0.2) is 4.98 Å². The Bertz CT molecular complexity index is 839. The average molecular weight is 352 g/mol. The number of aryl methyl sites for hydroxylation is 4. The van der Waals surface area contributed by atoms with Crippen molar-refractivity contribution in [2.45, 2.75) is 38.8 Å². The first-order valence-corrected chi connectivity index (χ1v) is 8.78. The molecule has 0 unspecified atom stereocenters. The van der Waals surface area contributed by atoms with Crippen LogP contribution in [0.5, 0.6) is 0 Å². The molecule has 1 aromatic carbocycles. The van der Waals surface area contributed by atoms with Crippen LogP contribution in [0.15, 0.2) is 49.1 Å². The molecular weight excluding hydrogens is 328 g/mol. The number of carbonyl (C=O) groups excluding carboxylic acids is 1. The van der Waals surface area contributed by atoms with Crippen LogP contribution in [0, 0.1) is 6.92 Å². The fraction of sp³-hybridized carbons (Fsp3) is 0.368. The zero-order chi connectivity index (χ0) is 18.4. The van der Waals surface area contributed by atoms with Crippen molar-refractivity contribution in [2.75, 3.05) is 0 Å². The van der Waals surface area contributed by atoms with E-state index in [0.717, 1.165) is 30.2 Å². The van der Waals surface area contributed by atoms with Gasteiger partial charge in [-0.15, -0.1) is 10.2 Å². The number of nitrogens with zero attached hydrogens (tertiary/aromatic N) is 5. The lowest BCUT2D eigenvalue weighted by Gasteiger charge is -2.20. The van der Waals surface area contributed by atoms with Crippen LogP contribution in [0.25, 0.3) is 0 Å². The van der Waals surface area contributed by atoms with E-state index in [4.69, 9.17) is 0 Å². The summed E-state index contributed by atoms with van der Waals surface area (Å²) in [6, 6.07) is 10.0. The lowest BCUT2D eigenvalue weighted by Crippen LogP contribution is -2.29. The first-order valence-electron chi connectivity index (χ1n) is 8.78. The number of hydrogen-bond acceptors (Lipinski definition) is 4. The number of benzene rings is 1. The van der Waals surface area contributed by atoms with E-state index in [-0.39, 0.29) is 11.9 Å². The van der Waals surface area contributed by atoms with Crippen molar-refractivity contribution in [2.24, 2.45) is 7.05 Å². The van der Waals surface area contributed by atoms with Gasteiger partial charge in [0.1, 0.15) is 18.0 Å². The summed E-state index contributed by atoms with van der Waals surface area (Å²) in [6.07, 6.45) is 7.18. The maximum Gasteiger partial charge on any atom is 0.220 e. The van der Waals surface area contributed by atoms with E-state index >= 15 is 0 Å². The van der Waals surface area contributed by atoms with E-state index in [0.29, 0.717) is 12.8 Å². The Hall–Kier alpha value is -2.96. The second-order valence-corrected chi connectivity index (χ2v) is 6.35. The Morgan fingerprint density at radius 1 is 1.27 bits per heavy atom. The Kier molecular flexibility index (Phi) is 5.78. The standard InChI is InChI=1S/C19H24N6O/c1-15-20-11-13-25(15)12-10-17(16-6-4-3-5-7-16)22-19(26)9-8-18-23-21-14-24(18)2/h3-7,11,13-14,17H,8-10,12H2,1-2H3,(H,22,26)/t17-/m1/s1. The molecule has 2 aromatic heterocycles. The van der Waals surface area contributed by atoms with Crippen LogP contribution >= 0.6 is 0 Å². The molecule has 0 spiro atoms. The summed E-state index contributed by atoms with van der Waals surface area (Å²) in [5.74, 6) is 1.81. The van der Waals surface area contributed by atoms with Crippen molar-refractivity contribution in [3.63, 3.8) is 0 Å². The lowest BCUT2D eigenvalue weighted by molar-refractivity contribution is -0.121. The molecule has 7 nitrogen and oxygen atoms in total. The molecule has 7 heteroatoms. The van der Waals surface area contributed by atoms with Crippen LogP contribution in [0.2, 0.25) is 0 Å². The van der Waals surface area contributed by atoms with Crippen LogP contribution in [0.1, 0.15) is 36.1 Å². The number of aromatic nitrogens is 5. The number of nitrogens with one attached hydrogen (secondary N) is 1. The van der Waals surface area contributed by atoms with E-state index in [2.05, 4.69) is 25.1 Å². The van der Waals surface area contributed by atoms with Gasteiger partial charge in [0.2, 0.25) is 5.91 Å². The van der Waals surface area contributed by atoms with Crippen molar-refractivity contribution in [3.8, 4) is 0 Å². The molecule has 0 aliphatic carbocycles. The van der Waals surface area contributed by atoms with Crippen LogP contribution in [-0.4, -0.2) is 30.2 Å². The normalized spacial score (nSPS) is 12.1. The molecule has 0 aliphatic heterocycles. The molecule has 1 amide bonds. The smallest absolute Gasteiger partial charge is 0.220 e. The summed E-state index contributed by atoms with van der Waals surface area (Å²) in [7, 11) is 1.88. The average Bonchev–Trinajstić information content (AvgIpc) is 3.25. The highest BCUT2D eigenvalue weighted by Crippen LogP contribution is 2.18. The number of amides is 1. The van der Waals surface area contributed by atoms with Crippen molar-refractivity contribution in [1.82, 2.24) is 29.6 Å². The first kappa shape index (κ1) is 17.8. The van der Waals surface area contributed by atoms with Crippen LogP contribution in [-0.2, 0) is 24.8 Å². The molecule has 1 atom stereocenters. The second-order valence-electron chi connectivity index (χ2n) is 6.35. The van der Waals surface area contributed by atoms with Gasteiger partial charge in [0, 0.05) is 38.8 Å². The minimum atomic E-state index is -0.0370. The van der Waals surface area contributed by atoms with Gasteiger partial charge >= 0.3 is 0 Å². The van der Waals surface area contributed by atoms with Crippen LogP contribution in [0.3, 0.4) is 0 Å². The molecule has 26 heavy (non-hydrogen) atoms. The Balaban J connectivity index is 1.62. The second kappa shape index (κ2) is 8.42. The van der Waals surface area contributed by atoms with Gasteiger partial charge in [-0.05, 0) is 18.9 Å². The summed E-state index contributed by atoms with van der Waals surface area (Å²) in [5.41, 5.74) is 1.11. The molecule has 0 saturated carbocycles. The van der Waals surface area contributed by atoms with E-state index in [1.54, 1.807) is 12.5 Å². The molecule has 1 N–H and O–H groups in total. The Labute approximate surface area is 153 Å². The number of imidazole rings is 1. The fourth-order valence-electron chi connectivity index (χ4n) is 2.94. The van der Waals surface area contributed by atoms with Crippen LogP contribution in [0.4, 0.5) is 0 Å².